The third-order valence-corrected chi connectivity index (χ3v) is 4.43. The second-order valence-corrected chi connectivity index (χ2v) is 5.92. The van der Waals surface area contributed by atoms with Crippen molar-refractivity contribution in [3.05, 3.63) is 24.5 Å². The lowest BCUT2D eigenvalue weighted by Gasteiger charge is -2.16. The van der Waals surface area contributed by atoms with Crippen molar-refractivity contribution in [2.24, 2.45) is 0 Å². The van der Waals surface area contributed by atoms with Crippen LogP contribution in [0.2, 0.25) is 0 Å². The summed E-state index contributed by atoms with van der Waals surface area (Å²) in [6, 6.07) is 4.71. The molecule has 0 atom stereocenters. The lowest BCUT2D eigenvalue weighted by Crippen LogP contribution is -2.26. The van der Waals surface area contributed by atoms with Gasteiger partial charge in [-0.15, -0.1) is 0 Å². The van der Waals surface area contributed by atoms with E-state index in [-0.39, 0.29) is 0 Å². The van der Waals surface area contributed by atoms with Crippen molar-refractivity contribution in [1.82, 2.24) is 14.3 Å². The molecule has 0 saturated heterocycles. The SMILES string of the molecule is CN(CCNc1snc(N)c1-c1ccncc1)C1CC1. The van der Waals surface area contributed by atoms with E-state index in [0.717, 1.165) is 35.3 Å². The molecule has 3 N–H and O–H groups in total. The van der Waals surface area contributed by atoms with E-state index in [1.54, 1.807) is 12.4 Å². The van der Waals surface area contributed by atoms with Gasteiger partial charge in [0.25, 0.3) is 0 Å². The number of hydrogen-bond acceptors (Lipinski definition) is 6. The van der Waals surface area contributed by atoms with Crippen LogP contribution in [0.5, 0.6) is 0 Å². The normalized spacial score (nSPS) is 14.7. The number of anilines is 2. The number of aromatic nitrogens is 2. The second-order valence-electron chi connectivity index (χ2n) is 5.15. The lowest BCUT2D eigenvalue weighted by atomic mass is 10.1. The Bertz CT molecular complexity index is 564. The van der Waals surface area contributed by atoms with Crippen molar-refractivity contribution >= 4 is 22.4 Å². The molecule has 0 bridgehead atoms. The maximum atomic E-state index is 5.99. The highest BCUT2D eigenvalue weighted by atomic mass is 32.1. The third-order valence-electron chi connectivity index (χ3n) is 3.61. The Kier molecular flexibility index (Phi) is 3.84. The van der Waals surface area contributed by atoms with Gasteiger partial charge < -0.3 is 16.0 Å². The monoisotopic (exact) mass is 289 g/mol. The summed E-state index contributed by atoms with van der Waals surface area (Å²) in [6.07, 6.45) is 6.23. The number of likely N-dealkylation sites (N-methyl/N-ethyl adjacent to an activating group) is 1. The molecule has 0 radical (unpaired) electrons. The topological polar surface area (TPSA) is 67.1 Å². The van der Waals surface area contributed by atoms with E-state index in [0.29, 0.717) is 5.82 Å². The molecule has 1 fully saturated rings. The maximum absolute atomic E-state index is 5.99. The van der Waals surface area contributed by atoms with Crippen LogP contribution in [0.15, 0.2) is 24.5 Å². The molecule has 2 aromatic rings. The molecule has 0 aromatic carbocycles. The summed E-state index contributed by atoms with van der Waals surface area (Å²) in [5.74, 6) is 0.583. The van der Waals surface area contributed by atoms with Crippen LogP contribution in [-0.4, -0.2) is 40.4 Å². The molecule has 106 valence electrons. The van der Waals surface area contributed by atoms with E-state index in [9.17, 15) is 0 Å². The summed E-state index contributed by atoms with van der Waals surface area (Å²) in [5, 5.41) is 4.50. The van der Waals surface area contributed by atoms with Crippen molar-refractivity contribution in [2.45, 2.75) is 18.9 Å². The minimum Gasteiger partial charge on any atom is -0.382 e. The molecule has 1 aliphatic carbocycles. The van der Waals surface area contributed by atoms with Gasteiger partial charge in [0, 0.05) is 31.5 Å². The molecule has 0 unspecified atom stereocenters. The molecule has 1 saturated carbocycles. The lowest BCUT2D eigenvalue weighted by molar-refractivity contribution is 0.337. The van der Waals surface area contributed by atoms with Crippen LogP contribution in [-0.2, 0) is 0 Å². The molecule has 20 heavy (non-hydrogen) atoms. The van der Waals surface area contributed by atoms with Crippen molar-refractivity contribution < 1.29 is 0 Å². The first-order chi connectivity index (χ1) is 9.75. The molecular formula is C14H19N5S. The van der Waals surface area contributed by atoms with Crippen molar-refractivity contribution in [2.75, 3.05) is 31.2 Å². The van der Waals surface area contributed by atoms with Gasteiger partial charge in [0.2, 0.25) is 0 Å². The van der Waals surface area contributed by atoms with E-state index in [2.05, 4.69) is 26.6 Å². The van der Waals surface area contributed by atoms with Crippen LogP contribution in [0.4, 0.5) is 10.8 Å². The Labute approximate surface area is 123 Å². The van der Waals surface area contributed by atoms with Crippen molar-refractivity contribution in [3.63, 3.8) is 0 Å². The Morgan fingerprint density at radius 1 is 1.40 bits per heavy atom. The summed E-state index contributed by atoms with van der Waals surface area (Å²) in [6.45, 7) is 1.95. The highest BCUT2D eigenvalue weighted by Gasteiger charge is 2.25. The van der Waals surface area contributed by atoms with E-state index in [4.69, 9.17) is 5.73 Å². The molecule has 0 amide bonds. The summed E-state index contributed by atoms with van der Waals surface area (Å²) in [5.41, 5.74) is 8.04. The van der Waals surface area contributed by atoms with Crippen LogP contribution < -0.4 is 11.1 Å². The van der Waals surface area contributed by atoms with Gasteiger partial charge in [-0.3, -0.25) is 4.98 Å². The van der Waals surface area contributed by atoms with Crippen LogP contribution in [0.1, 0.15) is 12.8 Å². The van der Waals surface area contributed by atoms with Gasteiger partial charge >= 0.3 is 0 Å². The van der Waals surface area contributed by atoms with Gasteiger partial charge in [0.05, 0.1) is 5.56 Å². The summed E-state index contributed by atoms with van der Waals surface area (Å²) in [7, 11) is 2.18. The zero-order chi connectivity index (χ0) is 13.9. The zero-order valence-corrected chi connectivity index (χ0v) is 12.4. The van der Waals surface area contributed by atoms with Gasteiger partial charge in [-0.25, -0.2) is 0 Å². The average Bonchev–Trinajstić information content (AvgIpc) is 3.25. The maximum Gasteiger partial charge on any atom is 0.147 e. The Morgan fingerprint density at radius 3 is 2.85 bits per heavy atom. The molecule has 2 heterocycles. The first kappa shape index (κ1) is 13.3. The number of nitrogens with zero attached hydrogens (tertiary/aromatic N) is 3. The minimum atomic E-state index is 0.583. The molecular weight excluding hydrogens is 270 g/mol. The molecule has 2 aromatic heterocycles. The number of nitrogens with two attached hydrogens (primary N) is 1. The van der Waals surface area contributed by atoms with E-state index in [1.165, 1.54) is 24.4 Å². The number of pyridine rings is 1. The molecule has 3 rings (SSSR count). The van der Waals surface area contributed by atoms with Crippen LogP contribution in [0, 0.1) is 0 Å². The fourth-order valence-electron chi connectivity index (χ4n) is 2.26. The van der Waals surface area contributed by atoms with Gasteiger partial charge in [-0.2, -0.15) is 4.37 Å². The summed E-state index contributed by atoms with van der Waals surface area (Å²) >= 11 is 1.42. The van der Waals surface area contributed by atoms with Crippen LogP contribution in [0.3, 0.4) is 0 Å². The smallest absolute Gasteiger partial charge is 0.147 e. The highest BCUT2D eigenvalue weighted by molar-refractivity contribution is 7.11. The summed E-state index contributed by atoms with van der Waals surface area (Å²) < 4.78 is 4.26. The summed E-state index contributed by atoms with van der Waals surface area (Å²) in [4.78, 5) is 6.45. The molecule has 1 aliphatic rings. The fraction of sp³-hybridized carbons (Fsp3) is 0.429. The largest absolute Gasteiger partial charge is 0.382 e. The molecule has 6 heteroatoms. The number of nitrogens with one attached hydrogen (secondary N) is 1. The van der Waals surface area contributed by atoms with E-state index < -0.39 is 0 Å². The minimum absolute atomic E-state index is 0.583. The predicted molar refractivity (Wildman–Crippen MR) is 83.9 cm³/mol. The third kappa shape index (κ3) is 2.91. The molecule has 5 nitrogen and oxygen atoms in total. The van der Waals surface area contributed by atoms with Crippen LogP contribution in [0.25, 0.3) is 11.1 Å². The van der Waals surface area contributed by atoms with E-state index >= 15 is 0 Å². The van der Waals surface area contributed by atoms with Gasteiger partial charge in [0.1, 0.15) is 10.8 Å². The second kappa shape index (κ2) is 5.76. The van der Waals surface area contributed by atoms with Gasteiger partial charge in [-0.1, -0.05) is 0 Å². The van der Waals surface area contributed by atoms with Crippen molar-refractivity contribution in [1.29, 1.82) is 0 Å². The Balaban J connectivity index is 1.67. The first-order valence-corrected chi connectivity index (χ1v) is 7.62. The number of rotatable bonds is 6. The van der Waals surface area contributed by atoms with Gasteiger partial charge in [-0.05, 0) is 49.1 Å². The zero-order valence-electron chi connectivity index (χ0n) is 11.5. The van der Waals surface area contributed by atoms with Crippen LogP contribution >= 0.6 is 11.5 Å². The predicted octanol–water partition coefficient (Wildman–Crippen LogP) is 2.29. The Morgan fingerprint density at radius 2 is 2.15 bits per heavy atom. The molecule has 0 spiro atoms. The molecule has 0 aliphatic heterocycles. The number of nitrogen functional groups attached to an aromatic ring is 1. The Hall–Kier alpha value is -1.66. The van der Waals surface area contributed by atoms with Crippen molar-refractivity contribution in [3.8, 4) is 11.1 Å². The number of hydrogen-bond donors (Lipinski definition) is 2. The van der Waals surface area contributed by atoms with Gasteiger partial charge in [0.15, 0.2) is 0 Å². The van der Waals surface area contributed by atoms with E-state index in [1.807, 2.05) is 12.1 Å². The average molecular weight is 289 g/mol. The highest BCUT2D eigenvalue weighted by Crippen LogP contribution is 2.36. The first-order valence-electron chi connectivity index (χ1n) is 6.85. The quantitative estimate of drug-likeness (QED) is 0.854. The fourth-order valence-corrected chi connectivity index (χ4v) is 3.03. The standard InChI is InChI=1S/C14H19N5S/c1-19(11-2-3-11)9-8-17-14-12(13(15)18-20-14)10-4-6-16-7-5-10/h4-7,11,17H,2-3,8-9H2,1H3,(H2,15,18).